The van der Waals surface area contributed by atoms with Gasteiger partial charge in [0.2, 0.25) is 5.95 Å². The number of rotatable bonds is 4. The topological polar surface area (TPSA) is 103 Å². The van der Waals surface area contributed by atoms with E-state index in [4.69, 9.17) is 26.8 Å². The summed E-state index contributed by atoms with van der Waals surface area (Å²) in [7, 11) is 0. The molecule has 0 aliphatic carbocycles. The van der Waals surface area contributed by atoms with Crippen LogP contribution in [0.4, 0.5) is 5.95 Å². The summed E-state index contributed by atoms with van der Waals surface area (Å²) in [5.74, 6) is 0.885. The van der Waals surface area contributed by atoms with Gasteiger partial charge >= 0.3 is 6.01 Å². The highest BCUT2D eigenvalue weighted by atomic mass is 35.5. The Morgan fingerprint density at radius 3 is 2.63 bits per heavy atom. The number of nitrogens with zero attached hydrogens (tertiary/aromatic N) is 3. The molecular formula is C22H17ClN4O3. The Kier molecular flexibility index (Phi) is 4.71. The maximum atomic E-state index is 9.18. The van der Waals surface area contributed by atoms with Crippen molar-refractivity contribution >= 4 is 28.3 Å². The summed E-state index contributed by atoms with van der Waals surface area (Å²) in [6, 6.07) is 14.9. The highest BCUT2D eigenvalue weighted by Gasteiger charge is 2.21. The fourth-order valence-electron chi connectivity index (χ4n) is 3.64. The van der Waals surface area contributed by atoms with Crippen molar-refractivity contribution in [2.75, 3.05) is 5.73 Å². The number of nitrogen functional groups attached to an aromatic ring is 1. The Bertz CT molecular complexity index is 1260. The van der Waals surface area contributed by atoms with E-state index >= 15 is 0 Å². The predicted molar refractivity (Wildman–Crippen MR) is 113 cm³/mol. The van der Waals surface area contributed by atoms with E-state index in [0.717, 1.165) is 27.5 Å². The molecule has 3 aromatic carbocycles. The zero-order valence-electron chi connectivity index (χ0n) is 15.8. The Hall–Kier alpha value is -3.26. The molecule has 1 aliphatic heterocycles. The van der Waals surface area contributed by atoms with Gasteiger partial charge in [-0.3, -0.25) is 0 Å². The Morgan fingerprint density at radius 1 is 1.03 bits per heavy atom. The maximum Gasteiger partial charge on any atom is 0.327 e. The molecule has 7 nitrogen and oxygen atoms in total. The molecule has 150 valence electrons. The fraction of sp³-hybridized carbons (Fsp3) is 0.136. The second kappa shape index (κ2) is 7.53. The van der Waals surface area contributed by atoms with Crippen LogP contribution in [0.3, 0.4) is 0 Å². The monoisotopic (exact) mass is 420 g/mol. The van der Waals surface area contributed by atoms with E-state index in [1.54, 1.807) is 24.3 Å². The summed E-state index contributed by atoms with van der Waals surface area (Å²) in [6.45, 7) is 1.01. The van der Waals surface area contributed by atoms with Crippen molar-refractivity contribution < 1.29 is 14.6 Å². The van der Waals surface area contributed by atoms with E-state index in [2.05, 4.69) is 15.0 Å². The van der Waals surface area contributed by atoms with Crippen LogP contribution >= 0.6 is 11.6 Å². The summed E-state index contributed by atoms with van der Waals surface area (Å²) in [5, 5.41) is 11.7. The van der Waals surface area contributed by atoms with Gasteiger partial charge < -0.3 is 20.3 Å². The summed E-state index contributed by atoms with van der Waals surface area (Å²) >= 11 is 6.64. The summed E-state index contributed by atoms with van der Waals surface area (Å²) < 4.78 is 11.4. The van der Waals surface area contributed by atoms with Crippen LogP contribution in [0.2, 0.25) is 5.02 Å². The number of hydrogen-bond donors (Lipinski definition) is 2. The van der Waals surface area contributed by atoms with Gasteiger partial charge in [-0.2, -0.15) is 15.0 Å². The van der Waals surface area contributed by atoms with Crippen LogP contribution in [0.1, 0.15) is 16.7 Å². The maximum absolute atomic E-state index is 9.18. The summed E-state index contributed by atoms with van der Waals surface area (Å²) in [4.78, 5) is 12.9. The van der Waals surface area contributed by atoms with Gasteiger partial charge in [0.1, 0.15) is 5.75 Å². The second-order valence-corrected chi connectivity index (χ2v) is 7.34. The van der Waals surface area contributed by atoms with Crippen LogP contribution < -0.4 is 10.5 Å². The lowest BCUT2D eigenvalue weighted by Gasteiger charge is -2.20. The van der Waals surface area contributed by atoms with Crippen molar-refractivity contribution in [3.8, 4) is 23.1 Å². The molecule has 8 heteroatoms. The number of benzene rings is 3. The molecule has 0 unspecified atom stereocenters. The Labute approximate surface area is 177 Å². The zero-order chi connectivity index (χ0) is 20.7. The first kappa shape index (κ1) is 18.7. The molecule has 0 bridgehead atoms. The normalized spacial score (nSPS) is 12.9. The Balaban J connectivity index is 1.62. The number of aromatic nitrogens is 3. The minimum Gasteiger partial charge on any atom is -0.424 e. The molecule has 0 radical (unpaired) electrons. The fourth-order valence-corrected chi connectivity index (χ4v) is 3.96. The van der Waals surface area contributed by atoms with Crippen molar-refractivity contribution in [3.05, 3.63) is 70.2 Å². The van der Waals surface area contributed by atoms with E-state index in [1.165, 1.54) is 0 Å². The van der Waals surface area contributed by atoms with E-state index < -0.39 is 0 Å². The number of nitrogens with two attached hydrogens (primary N) is 1. The van der Waals surface area contributed by atoms with Crippen molar-refractivity contribution in [1.82, 2.24) is 15.0 Å². The van der Waals surface area contributed by atoms with Gasteiger partial charge in [-0.25, -0.2) is 0 Å². The van der Waals surface area contributed by atoms with E-state index in [-0.39, 0.29) is 18.6 Å². The third-order valence-corrected chi connectivity index (χ3v) is 5.27. The molecule has 1 aromatic heterocycles. The quantitative estimate of drug-likeness (QED) is 0.508. The lowest BCUT2D eigenvalue weighted by molar-refractivity contribution is 0.103. The lowest BCUT2D eigenvalue weighted by atomic mass is 9.94. The molecule has 1 aliphatic rings. The third kappa shape index (κ3) is 3.33. The molecule has 0 amide bonds. The van der Waals surface area contributed by atoms with Gasteiger partial charge in [-0.05, 0) is 45.7 Å². The summed E-state index contributed by atoms with van der Waals surface area (Å²) in [6.07, 6.45) is 0. The highest BCUT2D eigenvalue weighted by molar-refractivity contribution is 6.35. The van der Waals surface area contributed by atoms with Crippen LogP contribution in [0.5, 0.6) is 11.8 Å². The van der Waals surface area contributed by atoms with Crippen LogP contribution in [-0.4, -0.2) is 20.1 Å². The molecular weight excluding hydrogens is 404 g/mol. The first-order chi connectivity index (χ1) is 14.6. The number of halogens is 1. The average Bonchev–Trinajstić information content (AvgIpc) is 2.74. The first-order valence-corrected chi connectivity index (χ1v) is 9.70. The molecule has 0 saturated heterocycles. The molecule has 5 rings (SSSR count). The average molecular weight is 421 g/mol. The van der Waals surface area contributed by atoms with Crippen LogP contribution in [0.25, 0.3) is 22.2 Å². The van der Waals surface area contributed by atoms with Crippen molar-refractivity contribution in [2.45, 2.75) is 19.8 Å². The molecule has 4 aromatic rings. The van der Waals surface area contributed by atoms with Crippen molar-refractivity contribution in [1.29, 1.82) is 0 Å². The summed E-state index contributed by atoms with van der Waals surface area (Å²) in [5.41, 5.74) is 9.52. The molecule has 0 spiro atoms. The lowest BCUT2D eigenvalue weighted by Crippen LogP contribution is -2.07. The first-order valence-electron chi connectivity index (χ1n) is 9.32. The largest absolute Gasteiger partial charge is 0.424 e. The van der Waals surface area contributed by atoms with Crippen LogP contribution in [-0.2, 0) is 24.6 Å². The van der Waals surface area contributed by atoms with Crippen LogP contribution in [0.15, 0.2) is 48.5 Å². The minimum absolute atomic E-state index is 0.0295. The molecule has 0 saturated carbocycles. The number of aliphatic hydroxyl groups excluding tert-OH is 1. The van der Waals surface area contributed by atoms with Gasteiger partial charge in [-0.1, -0.05) is 41.9 Å². The van der Waals surface area contributed by atoms with Crippen LogP contribution in [0, 0.1) is 0 Å². The molecule has 30 heavy (non-hydrogen) atoms. The Morgan fingerprint density at radius 2 is 1.83 bits per heavy atom. The second-order valence-electron chi connectivity index (χ2n) is 6.93. The molecule has 3 N–H and O–H groups in total. The predicted octanol–water partition coefficient (Wildman–Crippen LogP) is 4.24. The molecule has 0 atom stereocenters. The van der Waals surface area contributed by atoms with Gasteiger partial charge in [0.05, 0.1) is 24.8 Å². The zero-order valence-corrected chi connectivity index (χ0v) is 16.6. The smallest absolute Gasteiger partial charge is 0.327 e. The molecule has 2 heterocycles. The van der Waals surface area contributed by atoms with E-state index in [0.29, 0.717) is 35.4 Å². The highest BCUT2D eigenvalue weighted by Crippen LogP contribution is 2.40. The van der Waals surface area contributed by atoms with Gasteiger partial charge in [0.25, 0.3) is 0 Å². The number of anilines is 1. The number of hydrogen-bond acceptors (Lipinski definition) is 7. The van der Waals surface area contributed by atoms with Gasteiger partial charge in [-0.15, -0.1) is 0 Å². The standard InChI is InChI=1S/C22H17ClN4O3/c23-17-8-14-11-29-10-13-2-1-3-16(18(13)14)19(17)20-25-21(24)27-22(26-20)30-15-6-4-12(9-28)5-7-15/h1-8,28H,9-11H2,(H2,24,25,26,27). The van der Waals surface area contributed by atoms with Crippen molar-refractivity contribution in [2.24, 2.45) is 0 Å². The van der Waals surface area contributed by atoms with Gasteiger partial charge in [0.15, 0.2) is 5.82 Å². The van der Waals surface area contributed by atoms with E-state index in [1.807, 2.05) is 24.3 Å². The van der Waals surface area contributed by atoms with Gasteiger partial charge in [0, 0.05) is 5.56 Å². The third-order valence-electron chi connectivity index (χ3n) is 4.97. The number of ether oxygens (including phenoxy) is 2. The van der Waals surface area contributed by atoms with E-state index in [9.17, 15) is 5.11 Å². The van der Waals surface area contributed by atoms with Crippen molar-refractivity contribution in [3.63, 3.8) is 0 Å². The SMILES string of the molecule is Nc1nc(Oc2ccc(CO)cc2)nc(-c2c(Cl)cc3c4c(cccc24)COC3)n1. The minimum atomic E-state index is -0.0439. The molecule has 0 fully saturated rings. The number of aliphatic hydroxyl groups is 1.